The molecule has 0 radical (unpaired) electrons. The molecular weight excluding hydrogens is 486 g/mol. The van der Waals surface area contributed by atoms with Crippen LogP contribution in [0.3, 0.4) is 0 Å². The predicted molar refractivity (Wildman–Crippen MR) is 98.1 cm³/mol. The van der Waals surface area contributed by atoms with Gasteiger partial charge in [-0.15, -0.1) is 0 Å². The number of sulfone groups is 1. The van der Waals surface area contributed by atoms with Gasteiger partial charge in [-0.3, -0.25) is 4.79 Å². The molecule has 1 N–H and O–H groups in total. The third-order valence-corrected chi connectivity index (χ3v) is 5.37. The lowest BCUT2D eigenvalue weighted by molar-refractivity contribution is -0.138. The molecule has 1 aromatic carbocycles. The summed E-state index contributed by atoms with van der Waals surface area (Å²) >= 11 is 1.89. The molecule has 2 rings (SSSR count). The molecule has 1 heterocycles. The molecule has 6 nitrogen and oxygen atoms in total. The van der Waals surface area contributed by atoms with Crippen molar-refractivity contribution in [3.05, 3.63) is 33.2 Å². The van der Waals surface area contributed by atoms with Crippen molar-refractivity contribution in [2.24, 2.45) is 0 Å². The highest BCUT2D eigenvalue weighted by atomic mass is 127. The summed E-state index contributed by atoms with van der Waals surface area (Å²) in [5.74, 6) is -0.518. The Kier molecular flexibility index (Phi) is 5.71. The molecule has 0 aliphatic carbocycles. The number of rotatable bonds is 4. The second-order valence-electron chi connectivity index (χ2n) is 5.55. The van der Waals surface area contributed by atoms with Crippen LogP contribution in [0.5, 0.6) is 0 Å². The lowest BCUT2D eigenvalue weighted by atomic mass is 10.0. The third kappa shape index (κ3) is 4.19. The van der Waals surface area contributed by atoms with Crippen LogP contribution in [-0.2, 0) is 20.8 Å². The molecule has 2 aromatic rings. The first kappa shape index (κ1) is 20.7. The Hall–Kier alpha value is -1.63. The number of halogens is 4. The fraction of sp³-hybridized carbons (Fsp3) is 0.333. The number of hydrogen-bond acceptors (Lipinski definition) is 4. The van der Waals surface area contributed by atoms with Crippen molar-refractivity contribution in [3.63, 3.8) is 0 Å². The first-order valence-corrected chi connectivity index (χ1v) is 10.3. The molecule has 1 amide bonds. The van der Waals surface area contributed by atoms with E-state index in [1.807, 2.05) is 22.6 Å². The van der Waals surface area contributed by atoms with E-state index in [9.17, 15) is 26.4 Å². The van der Waals surface area contributed by atoms with Gasteiger partial charge in [-0.25, -0.2) is 13.1 Å². The summed E-state index contributed by atoms with van der Waals surface area (Å²) in [6, 6.07) is 0.989. The van der Waals surface area contributed by atoms with E-state index in [1.54, 1.807) is 6.92 Å². The predicted octanol–water partition coefficient (Wildman–Crippen LogP) is 3.56. The second-order valence-corrected chi connectivity index (χ2v) is 8.75. The Bertz CT molecular complexity index is 968. The van der Waals surface area contributed by atoms with E-state index in [2.05, 4.69) is 10.4 Å². The van der Waals surface area contributed by atoms with Gasteiger partial charge < -0.3 is 5.32 Å². The van der Waals surface area contributed by atoms with Gasteiger partial charge in [0.2, 0.25) is 5.91 Å². The molecule has 0 saturated carbocycles. The lowest BCUT2D eigenvalue weighted by Gasteiger charge is -2.21. The monoisotopic (exact) mass is 501 g/mol. The van der Waals surface area contributed by atoms with Gasteiger partial charge in [0.1, 0.15) is 0 Å². The van der Waals surface area contributed by atoms with Crippen molar-refractivity contribution in [3.8, 4) is 5.69 Å². The van der Waals surface area contributed by atoms with Gasteiger partial charge in [0.15, 0.2) is 9.84 Å². The van der Waals surface area contributed by atoms with Crippen LogP contribution in [0.1, 0.15) is 24.5 Å². The van der Waals surface area contributed by atoms with E-state index < -0.39 is 37.9 Å². The van der Waals surface area contributed by atoms with Crippen molar-refractivity contribution in [2.45, 2.75) is 31.3 Å². The first-order valence-electron chi connectivity index (χ1n) is 7.31. The summed E-state index contributed by atoms with van der Waals surface area (Å²) in [6.45, 7) is 2.61. The van der Waals surface area contributed by atoms with Crippen molar-refractivity contribution in [1.82, 2.24) is 9.78 Å². The quantitative estimate of drug-likeness (QED) is 0.650. The van der Waals surface area contributed by atoms with Gasteiger partial charge in [-0.2, -0.15) is 18.3 Å². The van der Waals surface area contributed by atoms with Gasteiger partial charge in [0.05, 0.1) is 31.6 Å². The summed E-state index contributed by atoms with van der Waals surface area (Å²) in [4.78, 5) is 11.2. The molecule has 0 unspecified atom stereocenters. The van der Waals surface area contributed by atoms with E-state index in [-0.39, 0.29) is 17.8 Å². The number of nitrogens with zero attached hydrogens (tertiary/aromatic N) is 2. The van der Waals surface area contributed by atoms with E-state index in [4.69, 9.17) is 0 Å². The van der Waals surface area contributed by atoms with Crippen LogP contribution in [0, 0.1) is 10.5 Å². The number of hydrogen-bond donors (Lipinski definition) is 1. The SMILES string of the molecule is CCC(=O)Nc1cc(-n2cc(I)cn2)c(C(F)(F)F)c(C)c1S(C)(=O)=O. The highest BCUT2D eigenvalue weighted by Crippen LogP contribution is 2.41. The number of nitrogens with one attached hydrogen (secondary N) is 1. The number of anilines is 1. The van der Waals surface area contributed by atoms with E-state index >= 15 is 0 Å². The van der Waals surface area contributed by atoms with Crippen LogP contribution < -0.4 is 5.32 Å². The second kappa shape index (κ2) is 7.18. The van der Waals surface area contributed by atoms with E-state index in [0.29, 0.717) is 3.57 Å². The van der Waals surface area contributed by atoms with Crippen LogP contribution in [0.15, 0.2) is 23.4 Å². The maximum atomic E-state index is 13.7. The van der Waals surface area contributed by atoms with Crippen molar-refractivity contribution in [1.29, 1.82) is 0 Å². The average molecular weight is 501 g/mol. The average Bonchev–Trinajstić information content (AvgIpc) is 2.90. The molecule has 0 spiro atoms. The summed E-state index contributed by atoms with van der Waals surface area (Å²) in [5, 5.41) is 6.26. The summed E-state index contributed by atoms with van der Waals surface area (Å²) < 4.78 is 67.0. The Balaban J connectivity index is 2.93. The van der Waals surface area contributed by atoms with E-state index in [1.165, 1.54) is 12.4 Å². The highest BCUT2D eigenvalue weighted by Gasteiger charge is 2.39. The largest absolute Gasteiger partial charge is 0.418 e. The summed E-state index contributed by atoms with van der Waals surface area (Å²) in [7, 11) is -4.04. The molecule has 1 aromatic heterocycles. The van der Waals surface area contributed by atoms with Gasteiger partial charge in [-0.05, 0) is 41.1 Å². The van der Waals surface area contributed by atoms with E-state index in [0.717, 1.165) is 23.9 Å². The molecule has 11 heteroatoms. The number of aromatic nitrogens is 2. The number of carbonyl (C=O) groups excluding carboxylic acids is 1. The molecule has 0 bridgehead atoms. The minimum absolute atomic E-state index is 0.0400. The smallest absolute Gasteiger partial charge is 0.325 e. The Morgan fingerprint density at radius 3 is 2.42 bits per heavy atom. The maximum absolute atomic E-state index is 13.7. The zero-order valence-corrected chi connectivity index (χ0v) is 17.0. The van der Waals surface area contributed by atoms with Crippen LogP contribution in [0.25, 0.3) is 5.69 Å². The lowest BCUT2D eigenvalue weighted by Crippen LogP contribution is -2.20. The fourth-order valence-corrected chi connectivity index (χ4v) is 4.12. The van der Waals surface area contributed by atoms with Gasteiger partial charge in [0, 0.05) is 18.9 Å². The van der Waals surface area contributed by atoms with Gasteiger partial charge in [-0.1, -0.05) is 6.92 Å². The molecule has 0 aliphatic rings. The Labute approximate surface area is 161 Å². The molecular formula is C15H15F3IN3O3S. The zero-order valence-electron chi connectivity index (χ0n) is 14.0. The van der Waals surface area contributed by atoms with Gasteiger partial charge in [0.25, 0.3) is 0 Å². The first-order chi connectivity index (χ1) is 11.9. The number of benzene rings is 1. The number of amides is 1. The minimum Gasteiger partial charge on any atom is -0.325 e. The Morgan fingerprint density at radius 1 is 1.38 bits per heavy atom. The highest BCUT2D eigenvalue weighted by molar-refractivity contribution is 14.1. The molecule has 142 valence electrons. The normalized spacial score (nSPS) is 12.3. The number of carbonyl (C=O) groups is 1. The number of alkyl halides is 3. The molecule has 0 aliphatic heterocycles. The van der Waals surface area contributed by atoms with Crippen LogP contribution >= 0.6 is 22.6 Å². The molecule has 0 fully saturated rings. The van der Waals surface area contributed by atoms with Crippen LogP contribution in [-0.4, -0.2) is 30.4 Å². The van der Waals surface area contributed by atoms with Crippen LogP contribution in [0.2, 0.25) is 0 Å². The topological polar surface area (TPSA) is 81.1 Å². The van der Waals surface area contributed by atoms with Gasteiger partial charge >= 0.3 is 6.18 Å². The standard InChI is InChI=1S/C15H15F3IN3O3S/c1-4-12(23)21-10-5-11(22-7-9(19)6-20-22)13(15(16,17)18)8(2)14(10)26(3,24)25/h5-7H,4H2,1-3H3,(H,21,23). The maximum Gasteiger partial charge on any atom is 0.418 e. The summed E-state index contributed by atoms with van der Waals surface area (Å²) in [6.07, 6.45) is -1.24. The molecule has 0 saturated heterocycles. The van der Waals surface area contributed by atoms with Crippen molar-refractivity contribution >= 4 is 44.0 Å². The van der Waals surface area contributed by atoms with Crippen molar-refractivity contribution in [2.75, 3.05) is 11.6 Å². The Morgan fingerprint density at radius 2 is 2.00 bits per heavy atom. The zero-order chi connectivity index (χ0) is 19.9. The van der Waals surface area contributed by atoms with Crippen LogP contribution in [0.4, 0.5) is 18.9 Å². The molecule has 0 atom stereocenters. The summed E-state index contributed by atoms with van der Waals surface area (Å²) in [5.41, 5.74) is -2.18. The fourth-order valence-electron chi connectivity index (χ4n) is 2.56. The van der Waals surface area contributed by atoms with Crippen molar-refractivity contribution < 1.29 is 26.4 Å². The minimum atomic E-state index is -4.82. The molecule has 26 heavy (non-hydrogen) atoms. The third-order valence-electron chi connectivity index (χ3n) is 3.54.